The molecule has 120 valence electrons. The van der Waals surface area contributed by atoms with Crippen LogP contribution < -0.4 is 0 Å². The maximum Gasteiger partial charge on any atom is 0.355 e. The maximum atomic E-state index is 14.0. The standard InChI is InChI=1S/C14H27F2O2PS/c1-5-8-9-10-11-17-13(4)14(15,16)20-19(12-6-2)18-7-3/h4-12H2,1-3H3. The van der Waals surface area contributed by atoms with Gasteiger partial charge in [-0.25, -0.2) is 0 Å². The molecule has 0 aliphatic rings. The van der Waals surface area contributed by atoms with Crippen LogP contribution in [-0.4, -0.2) is 24.6 Å². The molecule has 0 amide bonds. The summed E-state index contributed by atoms with van der Waals surface area (Å²) in [4.78, 5) is 0. The highest BCUT2D eigenvalue weighted by Crippen LogP contribution is 2.60. The monoisotopic (exact) mass is 328 g/mol. The highest BCUT2D eigenvalue weighted by Gasteiger charge is 2.39. The maximum absolute atomic E-state index is 14.0. The second-order valence-corrected chi connectivity index (χ2v) is 8.25. The van der Waals surface area contributed by atoms with Gasteiger partial charge in [0, 0.05) is 12.8 Å². The van der Waals surface area contributed by atoms with E-state index in [1.54, 1.807) is 0 Å². The first-order chi connectivity index (χ1) is 9.47. The molecule has 0 rings (SSSR count). The van der Waals surface area contributed by atoms with E-state index < -0.39 is 18.4 Å². The minimum atomic E-state index is -3.07. The van der Waals surface area contributed by atoms with Gasteiger partial charge in [-0.2, -0.15) is 8.78 Å². The molecule has 0 radical (unpaired) electrons. The van der Waals surface area contributed by atoms with Gasteiger partial charge in [-0.05, 0) is 31.1 Å². The quantitative estimate of drug-likeness (QED) is 0.228. The zero-order valence-corrected chi connectivity index (χ0v) is 14.5. The molecule has 0 bridgehead atoms. The molecule has 0 aliphatic carbocycles. The molecule has 1 unspecified atom stereocenters. The Morgan fingerprint density at radius 1 is 1.15 bits per heavy atom. The number of hydrogen-bond donors (Lipinski definition) is 0. The van der Waals surface area contributed by atoms with E-state index in [1.165, 1.54) is 0 Å². The van der Waals surface area contributed by atoms with Gasteiger partial charge in [-0.1, -0.05) is 39.7 Å². The summed E-state index contributed by atoms with van der Waals surface area (Å²) < 4.78 is 38.4. The molecule has 20 heavy (non-hydrogen) atoms. The first kappa shape index (κ1) is 20.1. The van der Waals surface area contributed by atoms with Gasteiger partial charge in [0.2, 0.25) is 0 Å². The first-order valence-corrected chi connectivity index (χ1v) is 10.1. The average molecular weight is 328 g/mol. The zero-order valence-electron chi connectivity index (χ0n) is 12.8. The molecule has 0 N–H and O–H groups in total. The van der Waals surface area contributed by atoms with Crippen molar-refractivity contribution in [2.45, 2.75) is 58.1 Å². The predicted octanol–water partition coefficient (Wildman–Crippen LogP) is 6.18. The summed E-state index contributed by atoms with van der Waals surface area (Å²) >= 11 is 0.557. The van der Waals surface area contributed by atoms with Gasteiger partial charge in [-0.3, -0.25) is 0 Å². The number of alkyl halides is 2. The van der Waals surface area contributed by atoms with Crippen LogP contribution in [0.15, 0.2) is 12.3 Å². The van der Waals surface area contributed by atoms with Gasteiger partial charge >= 0.3 is 5.25 Å². The van der Waals surface area contributed by atoms with Crippen LogP contribution in [0.2, 0.25) is 0 Å². The highest BCUT2D eigenvalue weighted by molar-refractivity contribution is 8.54. The molecule has 0 aromatic rings. The number of ether oxygens (including phenoxy) is 1. The molecule has 0 saturated carbocycles. The lowest BCUT2D eigenvalue weighted by molar-refractivity contribution is 0.0560. The van der Waals surface area contributed by atoms with Crippen LogP contribution in [0.4, 0.5) is 8.78 Å². The minimum absolute atomic E-state index is 0.315. The van der Waals surface area contributed by atoms with Gasteiger partial charge < -0.3 is 9.26 Å². The van der Waals surface area contributed by atoms with E-state index in [0.717, 1.165) is 32.1 Å². The Balaban J connectivity index is 4.13. The third-order valence-electron chi connectivity index (χ3n) is 2.49. The molecule has 0 fully saturated rings. The number of rotatable bonds is 13. The smallest absolute Gasteiger partial charge is 0.355 e. The van der Waals surface area contributed by atoms with E-state index >= 15 is 0 Å². The molecule has 0 aliphatic heterocycles. The Morgan fingerprint density at radius 2 is 1.85 bits per heavy atom. The summed E-state index contributed by atoms with van der Waals surface area (Å²) in [5.74, 6) is -0.442. The number of unbranched alkanes of at least 4 members (excludes halogenated alkanes) is 3. The van der Waals surface area contributed by atoms with Crippen LogP contribution in [0.3, 0.4) is 0 Å². The fourth-order valence-corrected chi connectivity index (χ4v) is 5.16. The number of halogens is 2. The van der Waals surface area contributed by atoms with E-state index in [4.69, 9.17) is 9.26 Å². The Hall–Kier alpha value is 0.140. The van der Waals surface area contributed by atoms with E-state index in [2.05, 4.69) is 13.5 Å². The van der Waals surface area contributed by atoms with Crippen LogP contribution >= 0.6 is 18.7 Å². The molecule has 0 aromatic carbocycles. The van der Waals surface area contributed by atoms with E-state index in [0.29, 0.717) is 30.8 Å². The summed E-state index contributed by atoms with van der Waals surface area (Å²) in [6, 6.07) is 0. The molecule has 0 aromatic heterocycles. The van der Waals surface area contributed by atoms with Crippen molar-refractivity contribution in [2.75, 3.05) is 19.4 Å². The zero-order chi connectivity index (χ0) is 15.4. The van der Waals surface area contributed by atoms with Gasteiger partial charge in [-0.15, -0.1) is 0 Å². The molecule has 6 heteroatoms. The third kappa shape index (κ3) is 9.15. The normalized spacial score (nSPS) is 13.2. The van der Waals surface area contributed by atoms with Crippen molar-refractivity contribution in [2.24, 2.45) is 0 Å². The van der Waals surface area contributed by atoms with Crippen LogP contribution in [0, 0.1) is 0 Å². The van der Waals surface area contributed by atoms with Crippen molar-refractivity contribution >= 4 is 18.7 Å². The van der Waals surface area contributed by atoms with Crippen LogP contribution in [-0.2, 0) is 9.26 Å². The van der Waals surface area contributed by atoms with Crippen molar-refractivity contribution in [3.05, 3.63) is 12.3 Å². The minimum Gasteiger partial charge on any atom is -0.491 e. The Bertz CT molecular complexity index is 260. The lowest BCUT2D eigenvalue weighted by Crippen LogP contribution is -2.16. The Kier molecular flexibility index (Phi) is 11.8. The number of hydrogen-bond acceptors (Lipinski definition) is 3. The molecular formula is C14H27F2O2PS. The molecule has 0 spiro atoms. The fraction of sp³-hybridized carbons (Fsp3) is 0.857. The van der Waals surface area contributed by atoms with Gasteiger partial charge in [0.25, 0.3) is 0 Å². The second kappa shape index (κ2) is 11.8. The molecule has 2 nitrogen and oxygen atoms in total. The van der Waals surface area contributed by atoms with Crippen molar-refractivity contribution < 1.29 is 18.0 Å². The Morgan fingerprint density at radius 3 is 2.40 bits per heavy atom. The molecule has 1 atom stereocenters. The highest BCUT2D eigenvalue weighted by atomic mass is 32.7. The van der Waals surface area contributed by atoms with Gasteiger partial charge in [0.15, 0.2) is 5.76 Å². The lowest BCUT2D eigenvalue weighted by Gasteiger charge is -2.23. The van der Waals surface area contributed by atoms with E-state index in [1.807, 2.05) is 13.8 Å². The molecule has 0 saturated heterocycles. The third-order valence-corrected chi connectivity index (χ3v) is 6.68. The summed E-state index contributed by atoms with van der Waals surface area (Å²) in [6.45, 7) is 10.0. The lowest BCUT2D eigenvalue weighted by atomic mass is 10.2. The topological polar surface area (TPSA) is 18.5 Å². The van der Waals surface area contributed by atoms with E-state index in [9.17, 15) is 8.78 Å². The average Bonchev–Trinajstić information content (AvgIpc) is 2.38. The van der Waals surface area contributed by atoms with Crippen molar-refractivity contribution in [3.63, 3.8) is 0 Å². The van der Waals surface area contributed by atoms with Gasteiger partial charge in [0.1, 0.15) is 0 Å². The summed E-state index contributed by atoms with van der Waals surface area (Å²) in [7, 11) is -1.18. The van der Waals surface area contributed by atoms with Crippen molar-refractivity contribution in [1.29, 1.82) is 0 Å². The van der Waals surface area contributed by atoms with Crippen LogP contribution in [0.1, 0.15) is 52.9 Å². The Labute approximate surface area is 127 Å². The first-order valence-electron chi connectivity index (χ1n) is 7.27. The van der Waals surface area contributed by atoms with Crippen molar-refractivity contribution in [3.8, 4) is 0 Å². The molecule has 0 heterocycles. The second-order valence-electron chi connectivity index (χ2n) is 4.41. The summed E-state index contributed by atoms with van der Waals surface area (Å²) in [6.07, 6.45) is 5.51. The summed E-state index contributed by atoms with van der Waals surface area (Å²) in [5, 5.41) is -3.07. The van der Waals surface area contributed by atoms with Crippen LogP contribution in [0.5, 0.6) is 0 Å². The fourth-order valence-electron chi connectivity index (χ4n) is 1.45. The predicted molar refractivity (Wildman–Crippen MR) is 85.5 cm³/mol. The summed E-state index contributed by atoms with van der Waals surface area (Å²) in [5.41, 5.74) is 0. The van der Waals surface area contributed by atoms with Crippen LogP contribution in [0.25, 0.3) is 0 Å². The molecular weight excluding hydrogens is 301 g/mol. The van der Waals surface area contributed by atoms with E-state index in [-0.39, 0.29) is 0 Å². The van der Waals surface area contributed by atoms with Crippen molar-refractivity contribution in [1.82, 2.24) is 0 Å². The largest absolute Gasteiger partial charge is 0.491 e. The SMILES string of the molecule is C=C(OCCCCCC)C(F)(F)SP(CCC)OCC. The van der Waals surface area contributed by atoms with Gasteiger partial charge in [0.05, 0.1) is 14.0 Å².